The van der Waals surface area contributed by atoms with Crippen LogP contribution in [0.3, 0.4) is 0 Å². The number of carbonyl (C=O) groups is 1. The molecule has 6 rings (SSSR count). The Hall–Kier alpha value is -2.44. The van der Waals surface area contributed by atoms with Crippen molar-refractivity contribution in [1.82, 2.24) is 24.2 Å². The molecule has 1 atom stereocenters. The standard InChI is InChI=1S/C23H24ClN5O/c24-17-5-3-16(4-6-17)23-20(14-27-9-10-28-18(12-27)7-8-22(28)30)29-13-19(15-1-2-15)25-11-21(29)26-23/h3-6,11,13,15,18H,1-2,7-10,12,14H2. The summed E-state index contributed by atoms with van der Waals surface area (Å²) in [5.41, 5.74) is 5.30. The molecule has 2 saturated heterocycles. The fraction of sp³-hybridized carbons (Fsp3) is 0.435. The number of benzene rings is 1. The number of hydrogen-bond acceptors (Lipinski definition) is 4. The maximum atomic E-state index is 12.1. The summed E-state index contributed by atoms with van der Waals surface area (Å²) in [5.74, 6) is 0.910. The number of rotatable bonds is 4. The SMILES string of the molecule is O=C1CCC2CN(Cc3c(-c4ccc(Cl)cc4)nc4cnc(C5CC5)cn34)CCN12. The lowest BCUT2D eigenvalue weighted by Gasteiger charge is -2.37. The van der Waals surface area contributed by atoms with Crippen molar-refractivity contribution < 1.29 is 4.79 Å². The van der Waals surface area contributed by atoms with Crippen molar-refractivity contribution in [2.24, 2.45) is 0 Å². The fourth-order valence-corrected chi connectivity index (χ4v) is 5.01. The van der Waals surface area contributed by atoms with Gasteiger partial charge in [0.25, 0.3) is 0 Å². The third-order valence-corrected chi connectivity index (χ3v) is 6.95. The van der Waals surface area contributed by atoms with E-state index < -0.39 is 0 Å². The maximum absolute atomic E-state index is 12.1. The zero-order valence-corrected chi connectivity index (χ0v) is 17.6. The van der Waals surface area contributed by atoms with Crippen LogP contribution in [0.2, 0.25) is 5.02 Å². The summed E-state index contributed by atoms with van der Waals surface area (Å²) >= 11 is 6.12. The Balaban J connectivity index is 1.39. The molecule has 30 heavy (non-hydrogen) atoms. The zero-order chi connectivity index (χ0) is 20.2. The predicted octanol–water partition coefficient (Wildman–Crippen LogP) is 3.73. The van der Waals surface area contributed by atoms with Gasteiger partial charge in [0.05, 0.1) is 23.3 Å². The number of hydrogen-bond donors (Lipinski definition) is 0. The van der Waals surface area contributed by atoms with E-state index in [4.69, 9.17) is 16.6 Å². The number of fused-ring (bicyclic) bond motifs is 2. The van der Waals surface area contributed by atoms with Crippen LogP contribution in [0.5, 0.6) is 0 Å². The van der Waals surface area contributed by atoms with Crippen LogP contribution in [0.1, 0.15) is 43.0 Å². The number of aromatic nitrogens is 3. The number of piperazine rings is 1. The van der Waals surface area contributed by atoms with Crippen molar-refractivity contribution in [3.63, 3.8) is 0 Å². The number of imidazole rings is 1. The molecule has 3 aliphatic rings. The van der Waals surface area contributed by atoms with Gasteiger partial charge < -0.3 is 4.90 Å². The molecule has 1 amide bonds. The minimum Gasteiger partial charge on any atom is -0.337 e. The van der Waals surface area contributed by atoms with Gasteiger partial charge in [0, 0.05) is 61.3 Å². The van der Waals surface area contributed by atoms with Gasteiger partial charge in [-0.1, -0.05) is 23.7 Å². The molecule has 0 radical (unpaired) electrons. The average Bonchev–Trinajstić information content (AvgIpc) is 3.47. The minimum absolute atomic E-state index is 0.316. The molecule has 7 heteroatoms. The van der Waals surface area contributed by atoms with E-state index in [9.17, 15) is 4.79 Å². The number of amides is 1. The Morgan fingerprint density at radius 3 is 2.73 bits per heavy atom. The van der Waals surface area contributed by atoms with Gasteiger partial charge in [0.2, 0.25) is 5.91 Å². The normalized spacial score (nSPS) is 22.1. The van der Waals surface area contributed by atoms with E-state index in [0.29, 0.717) is 24.3 Å². The van der Waals surface area contributed by atoms with E-state index in [1.807, 2.05) is 30.5 Å². The molecule has 1 unspecified atom stereocenters. The van der Waals surface area contributed by atoms with Gasteiger partial charge in [-0.2, -0.15) is 0 Å². The monoisotopic (exact) mass is 421 g/mol. The summed E-state index contributed by atoms with van der Waals surface area (Å²) in [6.45, 7) is 3.47. The first-order valence-corrected chi connectivity index (χ1v) is 11.2. The molecule has 3 fully saturated rings. The Morgan fingerprint density at radius 2 is 1.93 bits per heavy atom. The molecule has 3 aromatic rings. The third kappa shape index (κ3) is 3.19. The summed E-state index contributed by atoms with van der Waals surface area (Å²) in [5, 5.41) is 0.726. The molecule has 0 spiro atoms. The molecular weight excluding hydrogens is 398 g/mol. The molecule has 4 heterocycles. The summed E-state index contributed by atoms with van der Waals surface area (Å²) in [6.07, 6.45) is 8.21. The third-order valence-electron chi connectivity index (χ3n) is 6.69. The lowest BCUT2D eigenvalue weighted by molar-refractivity contribution is -0.130. The molecule has 1 saturated carbocycles. The van der Waals surface area contributed by atoms with Crippen LogP contribution in [0.15, 0.2) is 36.7 Å². The highest BCUT2D eigenvalue weighted by molar-refractivity contribution is 6.30. The summed E-state index contributed by atoms with van der Waals surface area (Å²) in [6, 6.07) is 8.27. The maximum Gasteiger partial charge on any atom is 0.222 e. The van der Waals surface area contributed by atoms with Crippen LogP contribution in [0.4, 0.5) is 0 Å². The molecule has 154 valence electrons. The van der Waals surface area contributed by atoms with Gasteiger partial charge in [-0.05, 0) is 31.4 Å². The largest absolute Gasteiger partial charge is 0.337 e. The second-order valence-corrected chi connectivity index (χ2v) is 9.18. The molecule has 2 aliphatic heterocycles. The molecule has 6 nitrogen and oxygen atoms in total. The highest BCUT2D eigenvalue weighted by Crippen LogP contribution is 2.39. The van der Waals surface area contributed by atoms with Crippen LogP contribution < -0.4 is 0 Å². The van der Waals surface area contributed by atoms with Crippen LogP contribution in [-0.2, 0) is 11.3 Å². The predicted molar refractivity (Wildman–Crippen MR) is 115 cm³/mol. The molecule has 1 aliphatic carbocycles. The van der Waals surface area contributed by atoms with Crippen molar-refractivity contribution >= 4 is 23.2 Å². The number of nitrogens with zero attached hydrogens (tertiary/aromatic N) is 5. The number of halogens is 1. The minimum atomic E-state index is 0.316. The van der Waals surface area contributed by atoms with E-state index in [-0.39, 0.29) is 0 Å². The lowest BCUT2D eigenvalue weighted by Crippen LogP contribution is -2.51. The summed E-state index contributed by atoms with van der Waals surface area (Å²) in [7, 11) is 0. The van der Waals surface area contributed by atoms with Crippen molar-refractivity contribution in [1.29, 1.82) is 0 Å². The highest BCUT2D eigenvalue weighted by Gasteiger charge is 2.36. The van der Waals surface area contributed by atoms with Crippen LogP contribution in [0.25, 0.3) is 16.9 Å². The van der Waals surface area contributed by atoms with E-state index in [2.05, 4.69) is 25.4 Å². The second-order valence-electron chi connectivity index (χ2n) is 8.74. The Kier molecular flexibility index (Phi) is 4.32. The second kappa shape index (κ2) is 7.06. The van der Waals surface area contributed by atoms with Gasteiger partial charge in [-0.3, -0.25) is 19.1 Å². The van der Waals surface area contributed by atoms with Gasteiger partial charge in [-0.15, -0.1) is 0 Å². The van der Waals surface area contributed by atoms with E-state index in [1.165, 1.54) is 18.5 Å². The molecule has 2 aromatic heterocycles. The van der Waals surface area contributed by atoms with Gasteiger partial charge in [0.15, 0.2) is 5.65 Å². The molecule has 0 N–H and O–H groups in total. The fourth-order valence-electron chi connectivity index (χ4n) is 4.88. The number of carbonyl (C=O) groups excluding carboxylic acids is 1. The van der Waals surface area contributed by atoms with Gasteiger partial charge in [-0.25, -0.2) is 4.98 Å². The molecule has 1 aromatic carbocycles. The lowest BCUT2D eigenvalue weighted by atomic mass is 10.1. The quantitative estimate of drug-likeness (QED) is 0.644. The van der Waals surface area contributed by atoms with Crippen LogP contribution in [-0.4, -0.2) is 55.8 Å². The Morgan fingerprint density at radius 1 is 1.10 bits per heavy atom. The molecular formula is C23H24ClN5O. The molecule has 0 bridgehead atoms. The van der Waals surface area contributed by atoms with Gasteiger partial charge >= 0.3 is 0 Å². The smallest absolute Gasteiger partial charge is 0.222 e. The van der Waals surface area contributed by atoms with E-state index >= 15 is 0 Å². The first-order chi connectivity index (χ1) is 14.7. The average molecular weight is 422 g/mol. The van der Waals surface area contributed by atoms with Crippen LogP contribution in [0, 0.1) is 0 Å². The first kappa shape index (κ1) is 18.3. The Labute approximate surface area is 180 Å². The van der Waals surface area contributed by atoms with Crippen LogP contribution >= 0.6 is 11.6 Å². The van der Waals surface area contributed by atoms with Crippen molar-refractivity contribution in [2.75, 3.05) is 19.6 Å². The van der Waals surface area contributed by atoms with E-state index in [1.54, 1.807) is 0 Å². The van der Waals surface area contributed by atoms with Crippen molar-refractivity contribution in [3.8, 4) is 11.3 Å². The Bertz CT molecular complexity index is 1120. The topological polar surface area (TPSA) is 53.7 Å². The summed E-state index contributed by atoms with van der Waals surface area (Å²) < 4.78 is 2.23. The van der Waals surface area contributed by atoms with E-state index in [0.717, 1.165) is 60.2 Å². The highest BCUT2D eigenvalue weighted by atomic mass is 35.5. The first-order valence-electron chi connectivity index (χ1n) is 10.8. The van der Waals surface area contributed by atoms with Crippen molar-refractivity contribution in [3.05, 3.63) is 53.1 Å². The summed E-state index contributed by atoms with van der Waals surface area (Å²) in [4.78, 5) is 26.2. The zero-order valence-electron chi connectivity index (χ0n) is 16.8. The van der Waals surface area contributed by atoms with Gasteiger partial charge in [0.1, 0.15) is 0 Å². The van der Waals surface area contributed by atoms with Crippen molar-refractivity contribution in [2.45, 2.75) is 44.2 Å².